The second kappa shape index (κ2) is 6.25. The Hall–Kier alpha value is -2.81. The number of thioether (sulfide) groups is 1. The number of nitrogens with zero attached hydrogens (tertiary/aromatic N) is 6. The van der Waals surface area contributed by atoms with Crippen molar-refractivity contribution in [1.29, 1.82) is 0 Å². The molecule has 3 heterocycles. The van der Waals surface area contributed by atoms with Crippen molar-refractivity contribution >= 4 is 22.8 Å². The summed E-state index contributed by atoms with van der Waals surface area (Å²) in [4.78, 5) is 12.8. The summed E-state index contributed by atoms with van der Waals surface area (Å²) in [6.45, 7) is 1.71. The second-order valence-corrected chi connectivity index (χ2v) is 6.41. The van der Waals surface area contributed by atoms with E-state index in [1.165, 1.54) is 24.2 Å². The van der Waals surface area contributed by atoms with E-state index >= 15 is 0 Å². The molecule has 25 heavy (non-hydrogen) atoms. The third-order valence-corrected chi connectivity index (χ3v) is 4.71. The molecule has 0 N–H and O–H groups in total. The zero-order chi connectivity index (χ0) is 17.4. The molecule has 7 nitrogen and oxygen atoms in total. The molecule has 0 spiro atoms. The lowest BCUT2D eigenvalue weighted by atomic mass is 10.1. The molecule has 4 rings (SSSR count). The van der Waals surface area contributed by atoms with Crippen molar-refractivity contribution in [1.82, 2.24) is 29.9 Å². The van der Waals surface area contributed by atoms with Crippen molar-refractivity contribution < 1.29 is 8.91 Å². The van der Waals surface area contributed by atoms with E-state index in [1.807, 2.05) is 7.05 Å². The van der Waals surface area contributed by atoms with E-state index in [1.54, 1.807) is 29.9 Å². The van der Waals surface area contributed by atoms with Crippen LogP contribution in [0.2, 0.25) is 0 Å². The number of fused-ring (bicyclic) bond motifs is 1. The van der Waals surface area contributed by atoms with Gasteiger partial charge in [0.1, 0.15) is 17.2 Å². The Bertz CT molecular complexity index is 1060. The lowest BCUT2D eigenvalue weighted by molar-refractivity contribution is 0.391. The smallest absolute Gasteiger partial charge is 0.237 e. The van der Waals surface area contributed by atoms with Gasteiger partial charge in [-0.15, -0.1) is 0 Å². The highest BCUT2D eigenvalue weighted by Gasteiger charge is 2.13. The van der Waals surface area contributed by atoms with Crippen LogP contribution in [0.1, 0.15) is 11.5 Å². The molecule has 0 unspecified atom stereocenters. The van der Waals surface area contributed by atoms with Gasteiger partial charge in [-0.05, 0) is 18.6 Å². The Morgan fingerprint density at radius 3 is 3.00 bits per heavy atom. The molecule has 0 bridgehead atoms. The van der Waals surface area contributed by atoms with Crippen molar-refractivity contribution in [2.45, 2.75) is 17.7 Å². The highest BCUT2D eigenvalue weighted by Crippen LogP contribution is 2.27. The number of aromatic nitrogens is 6. The van der Waals surface area contributed by atoms with Crippen molar-refractivity contribution in [3.63, 3.8) is 0 Å². The average molecular weight is 356 g/mol. The van der Waals surface area contributed by atoms with Gasteiger partial charge in [0.05, 0.1) is 17.3 Å². The van der Waals surface area contributed by atoms with Crippen LogP contribution in [0.15, 0.2) is 40.3 Å². The minimum atomic E-state index is -0.293. The van der Waals surface area contributed by atoms with Crippen LogP contribution >= 0.6 is 11.8 Å². The van der Waals surface area contributed by atoms with Gasteiger partial charge in [0.15, 0.2) is 5.65 Å². The minimum absolute atomic E-state index is 0.293. The van der Waals surface area contributed by atoms with Crippen LogP contribution in [0.25, 0.3) is 22.4 Å². The number of halogens is 1. The predicted molar refractivity (Wildman–Crippen MR) is 90.3 cm³/mol. The van der Waals surface area contributed by atoms with Crippen LogP contribution in [-0.4, -0.2) is 29.9 Å². The first-order chi connectivity index (χ1) is 12.1. The van der Waals surface area contributed by atoms with Crippen molar-refractivity contribution in [2.75, 3.05) is 0 Å². The molecular weight excluding hydrogens is 343 g/mol. The van der Waals surface area contributed by atoms with Crippen LogP contribution in [0.5, 0.6) is 0 Å². The van der Waals surface area contributed by atoms with E-state index in [0.717, 1.165) is 16.1 Å². The lowest BCUT2D eigenvalue weighted by Crippen LogP contribution is -1.93. The van der Waals surface area contributed by atoms with Gasteiger partial charge in [-0.3, -0.25) is 4.68 Å². The maximum atomic E-state index is 13.7. The molecule has 3 aromatic heterocycles. The largest absolute Gasteiger partial charge is 0.338 e. The van der Waals surface area contributed by atoms with Crippen LogP contribution in [0, 0.1) is 12.7 Å². The average Bonchev–Trinajstić information content (AvgIpc) is 3.23. The summed E-state index contributed by atoms with van der Waals surface area (Å²) in [6.07, 6.45) is 3.23. The van der Waals surface area contributed by atoms with Gasteiger partial charge in [0, 0.05) is 12.6 Å². The summed E-state index contributed by atoms with van der Waals surface area (Å²) in [5.41, 5.74) is 1.92. The summed E-state index contributed by atoms with van der Waals surface area (Å²) < 4.78 is 20.6. The summed E-state index contributed by atoms with van der Waals surface area (Å²) >= 11 is 1.46. The molecule has 4 aromatic rings. The Balaban J connectivity index is 1.54. The van der Waals surface area contributed by atoms with Gasteiger partial charge in [0.25, 0.3) is 0 Å². The van der Waals surface area contributed by atoms with Crippen molar-refractivity contribution in [2.24, 2.45) is 7.05 Å². The highest BCUT2D eigenvalue weighted by atomic mass is 32.2. The van der Waals surface area contributed by atoms with Crippen molar-refractivity contribution in [3.05, 3.63) is 48.0 Å². The third-order valence-electron chi connectivity index (χ3n) is 3.72. The number of hydrogen-bond acceptors (Lipinski definition) is 7. The van der Waals surface area contributed by atoms with E-state index in [0.29, 0.717) is 28.6 Å². The fraction of sp³-hybridized carbons (Fsp3) is 0.188. The standard InChI is InChI=1S/C16H13FN6OS/c1-9-3-4-10(5-12(9)17)14-21-13(24-22-14)7-25-16-11-6-20-23(2)15(11)18-8-19-16/h3-6,8H,7H2,1-2H3. The Labute approximate surface area is 146 Å². The van der Waals surface area contributed by atoms with Gasteiger partial charge >= 0.3 is 0 Å². The van der Waals surface area contributed by atoms with Crippen LogP contribution < -0.4 is 0 Å². The zero-order valence-corrected chi connectivity index (χ0v) is 14.3. The molecule has 9 heteroatoms. The molecule has 0 saturated heterocycles. The monoisotopic (exact) mass is 356 g/mol. The van der Waals surface area contributed by atoms with Gasteiger partial charge in [-0.2, -0.15) is 10.1 Å². The van der Waals surface area contributed by atoms with Crippen LogP contribution in [0.4, 0.5) is 4.39 Å². The summed E-state index contributed by atoms with van der Waals surface area (Å²) in [5.74, 6) is 0.959. The molecule has 0 atom stereocenters. The van der Waals surface area contributed by atoms with Crippen LogP contribution in [-0.2, 0) is 12.8 Å². The first-order valence-corrected chi connectivity index (χ1v) is 8.45. The SMILES string of the molecule is Cc1ccc(-c2noc(CSc3ncnc4c3cnn4C)n2)cc1F. The zero-order valence-electron chi connectivity index (χ0n) is 13.5. The molecule has 0 aliphatic rings. The first-order valence-electron chi connectivity index (χ1n) is 7.46. The van der Waals surface area contributed by atoms with Gasteiger partial charge < -0.3 is 4.52 Å². The molecule has 0 saturated carbocycles. The number of hydrogen-bond donors (Lipinski definition) is 0. The lowest BCUT2D eigenvalue weighted by Gasteiger charge is -1.99. The van der Waals surface area contributed by atoms with Crippen molar-refractivity contribution in [3.8, 4) is 11.4 Å². The van der Waals surface area contributed by atoms with E-state index < -0.39 is 0 Å². The summed E-state index contributed by atoms with van der Waals surface area (Å²) in [7, 11) is 1.83. The molecule has 1 aromatic carbocycles. The number of rotatable bonds is 4. The van der Waals surface area contributed by atoms with E-state index in [9.17, 15) is 4.39 Å². The Morgan fingerprint density at radius 1 is 1.28 bits per heavy atom. The molecule has 126 valence electrons. The summed E-state index contributed by atoms with van der Waals surface area (Å²) in [5, 5.41) is 9.77. The maximum absolute atomic E-state index is 13.7. The van der Waals surface area contributed by atoms with E-state index in [4.69, 9.17) is 4.52 Å². The minimum Gasteiger partial charge on any atom is -0.338 e. The highest BCUT2D eigenvalue weighted by molar-refractivity contribution is 7.98. The van der Waals surface area contributed by atoms with E-state index in [2.05, 4.69) is 25.2 Å². The molecule has 0 radical (unpaired) electrons. The third kappa shape index (κ3) is 2.98. The quantitative estimate of drug-likeness (QED) is 0.410. The Kier molecular flexibility index (Phi) is 3.92. The molecule has 0 amide bonds. The number of benzene rings is 1. The second-order valence-electron chi connectivity index (χ2n) is 5.45. The van der Waals surface area contributed by atoms with Gasteiger partial charge in [0.2, 0.25) is 11.7 Å². The predicted octanol–water partition coefficient (Wildman–Crippen LogP) is 3.15. The first kappa shape index (κ1) is 15.7. The normalized spacial score (nSPS) is 11.3. The Morgan fingerprint density at radius 2 is 2.16 bits per heavy atom. The van der Waals surface area contributed by atoms with Gasteiger partial charge in [-0.25, -0.2) is 14.4 Å². The van der Waals surface area contributed by atoms with Gasteiger partial charge in [-0.1, -0.05) is 29.1 Å². The molecular formula is C16H13FN6OS. The topological polar surface area (TPSA) is 82.5 Å². The molecule has 0 aliphatic heterocycles. The molecule has 0 fully saturated rings. The number of aryl methyl sites for hydroxylation is 2. The van der Waals surface area contributed by atoms with E-state index in [-0.39, 0.29) is 5.82 Å². The molecule has 0 aliphatic carbocycles. The summed E-state index contributed by atoms with van der Waals surface area (Å²) in [6, 6.07) is 4.86. The van der Waals surface area contributed by atoms with Crippen LogP contribution in [0.3, 0.4) is 0 Å². The fourth-order valence-electron chi connectivity index (χ4n) is 2.35. The fourth-order valence-corrected chi connectivity index (χ4v) is 3.15. The maximum Gasteiger partial charge on any atom is 0.237 e.